The second-order valence-electron chi connectivity index (χ2n) is 9.38. The molecule has 0 fully saturated rings. The van der Waals surface area contributed by atoms with Gasteiger partial charge in [0.1, 0.15) is 0 Å². The van der Waals surface area contributed by atoms with Crippen LogP contribution < -0.4 is 0 Å². The summed E-state index contributed by atoms with van der Waals surface area (Å²) in [6, 6.07) is 23.6. The van der Waals surface area contributed by atoms with E-state index in [0.717, 1.165) is 28.8 Å². The number of nitrogens with zero attached hydrogens (tertiary/aromatic N) is 2. The molecule has 2 nitrogen and oxygen atoms in total. The molecule has 0 bridgehead atoms. The summed E-state index contributed by atoms with van der Waals surface area (Å²) >= 11 is 0. The van der Waals surface area contributed by atoms with Crippen LogP contribution in [0.15, 0.2) is 125 Å². The molecule has 36 heavy (non-hydrogen) atoms. The Labute approximate surface area is 215 Å². The number of hydrogen-bond acceptors (Lipinski definition) is 1. The fourth-order valence-corrected chi connectivity index (χ4v) is 4.51. The van der Waals surface area contributed by atoms with E-state index >= 15 is 0 Å². The SMILES string of the molecule is C=C/C(=C\C=C/C)C(=C)N=C(N=C(C)c1ccccc1)c1cccc2c1Cc1ccc(C(C)C)cc1-2. The molecule has 3 aromatic rings. The summed E-state index contributed by atoms with van der Waals surface area (Å²) in [5, 5.41) is 0. The monoisotopic (exact) mass is 470 g/mol. The Morgan fingerprint density at radius 3 is 2.42 bits per heavy atom. The van der Waals surface area contributed by atoms with Crippen LogP contribution in [0.2, 0.25) is 0 Å². The van der Waals surface area contributed by atoms with E-state index < -0.39 is 0 Å². The van der Waals surface area contributed by atoms with Gasteiger partial charge in [-0.3, -0.25) is 0 Å². The molecular formula is C34H34N2. The fourth-order valence-electron chi connectivity index (χ4n) is 4.51. The molecule has 0 spiro atoms. The molecule has 3 aromatic carbocycles. The van der Waals surface area contributed by atoms with E-state index in [1.165, 1.54) is 27.8 Å². The average molecular weight is 471 g/mol. The van der Waals surface area contributed by atoms with Gasteiger partial charge in [-0.1, -0.05) is 118 Å². The van der Waals surface area contributed by atoms with Gasteiger partial charge in [-0.05, 0) is 65.1 Å². The molecule has 0 radical (unpaired) electrons. The fraction of sp³-hybridized carbons (Fsp3) is 0.176. The van der Waals surface area contributed by atoms with E-state index in [9.17, 15) is 0 Å². The largest absolute Gasteiger partial charge is 0.233 e. The third-order valence-electron chi connectivity index (χ3n) is 6.60. The summed E-state index contributed by atoms with van der Waals surface area (Å²) < 4.78 is 0. The first-order valence-corrected chi connectivity index (χ1v) is 12.5. The minimum Gasteiger partial charge on any atom is -0.233 e. The molecule has 0 amide bonds. The second kappa shape index (κ2) is 11.1. The van der Waals surface area contributed by atoms with Crippen LogP contribution in [0.1, 0.15) is 61.4 Å². The van der Waals surface area contributed by atoms with Gasteiger partial charge >= 0.3 is 0 Å². The Morgan fingerprint density at radius 1 is 0.944 bits per heavy atom. The van der Waals surface area contributed by atoms with Crippen molar-refractivity contribution in [2.24, 2.45) is 9.98 Å². The number of rotatable bonds is 7. The molecule has 1 aliphatic rings. The molecule has 0 aliphatic heterocycles. The number of aliphatic imine (C=N–C) groups is 2. The Morgan fingerprint density at radius 2 is 1.72 bits per heavy atom. The maximum atomic E-state index is 5.07. The zero-order valence-electron chi connectivity index (χ0n) is 21.8. The first kappa shape index (κ1) is 25.1. The number of fused-ring (bicyclic) bond motifs is 3. The number of hydrogen-bond donors (Lipinski definition) is 0. The molecule has 0 unspecified atom stereocenters. The van der Waals surface area contributed by atoms with Gasteiger partial charge in [0.05, 0.1) is 5.70 Å². The maximum absolute atomic E-state index is 5.07. The van der Waals surface area contributed by atoms with Crippen molar-refractivity contribution in [2.45, 2.75) is 40.0 Å². The highest BCUT2D eigenvalue weighted by Gasteiger charge is 2.24. The Hall–Kier alpha value is -4.04. The van der Waals surface area contributed by atoms with Crippen LogP contribution in [0.3, 0.4) is 0 Å². The van der Waals surface area contributed by atoms with E-state index in [4.69, 9.17) is 9.98 Å². The van der Waals surface area contributed by atoms with Crippen molar-refractivity contribution in [3.63, 3.8) is 0 Å². The van der Waals surface area contributed by atoms with Crippen LogP contribution in [0.25, 0.3) is 11.1 Å². The molecule has 0 atom stereocenters. The topological polar surface area (TPSA) is 24.7 Å². The smallest absolute Gasteiger partial charge is 0.160 e. The summed E-state index contributed by atoms with van der Waals surface area (Å²) in [5.41, 5.74) is 11.1. The zero-order chi connectivity index (χ0) is 25.7. The van der Waals surface area contributed by atoms with Crippen LogP contribution in [0, 0.1) is 0 Å². The lowest BCUT2D eigenvalue weighted by Crippen LogP contribution is -2.07. The molecule has 1 aliphatic carbocycles. The van der Waals surface area contributed by atoms with Crippen molar-refractivity contribution in [2.75, 3.05) is 0 Å². The highest BCUT2D eigenvalue weighted by Crippen LogP contribution is 2.40. The van der Waals surface area contributed by atoms with Crippen LogP contribution >= 0.6 is 0 Å². The third-order valence-corrected chi connectivity index (χ3v) is 6.60. The second-order valence-corrected chi connectivity index (χ2v) is 9.38. The molecule has 0 saturated heterocycles. The minimum atomic E-state index is 0.488. The van der Waals surface area contributed by atoms with Crippen LogP contribution in [0.4, 0.5) is 0 Å². The molecule has 0 aromatic heterocycles. The summed E-state index contributed by atoms with van der Waals surface area (Å²) in [6.07, 6.45) is 8.58. The van der Waals surface area contributed by atoms with E-state index in [1.54, 1.807) is 6.08 Å². The summed E-state index contributed by atoms with van der Waals surface area (Å²) in [6.45, 7) is 16.7. The number of benzene rings is 3. The quantitative estimate of drug-likeness (QED) is 0.146. The van der Waals surface area contributed by atoms with Gasteiger partial charge in [0.2, 0.25) is 0 Å². The van der Waals surface area contributed by atoms with Crippen molar-refractivity contribution in [1.29, 1.82) is 0 Å². The van der Waals surface area contributed by atoms with Crippen LogP contribution in [-0.2, 0) is 6.42 Å². The van der Waals surface area contributed by atoms with Gasteiger partial charge in [-0.25, -0.2) is 9.98 Å². The molecule has 4 rings (SSSR count). The van der Waals surface area contributed by atoms with Crippen molar-refractivity contribution in [1.82, 2.24) is 0 Å². The molecule has 2 heteroatoms. The Balaban J connectivity index is 1.87. The highest BCUT2D eigenvalue weighted by molar-refractivity contribution is 6.13. The van der Waals surface area contributed by atoms with Gasteiger partial charge < -0.3 is 0 Å². The van der Waals surface area contributed by atoms with E-state index in [2.05, 4.69) is 75.5 Å². The first-order valence-electron chi connectivity index (χ1n) is 12.5. The number of amidine groups is 1. The van der Waals surface area contributed by atoms with Gasteiger partial charge in [-0.2, -0.15) is 0 Å². The molecule has 180 valence electrons. The molecule has 0 saturated carbocycles. The predicted octanol–water partition coefficient (Wildman–Crippen LogP) is 8.84. The summed E-state index contributed by atoms with van der Waals surface area (Å²) in [5.74, 6) is 1.16. The standard InChI is InChI=1S/C34H34N2/c1-7-9-14-26(8-2)24(5)35-34(36-25(6)27-15-11-10-12-16-27)31-18-13-17-30-32-21-28(23(3)4)19-20-29(32)22-33(30)31/h7-21,23H,2,5,22H2,1,3-4,6H3/b9-7-,26-14+,35-34?,36-25?. The van der Waals surface area contributed by atoms with Gasteiger partial charge in [0, 0.05) is 11.3 Å². The van der Waals surface area contributed by atoms with Crippen molar-refractivity contribution < 1.29 is 0 Å². The van der Waals surface area contributed by atoms with Crippen molar-refractivity contribution >= 4 is 11.5 Å². The molecule has 0 heterocycles. The number of allylic oxidation sites excluding steroid dienone is 4. The molecular weight excluding hydrogens is 436 g/mol. The predicted molar refractivity (Wildman–Crippen MR) is 156 cm³/mol. The van der Waals surface area contributed by atoms with E-state index in [-0.39, 0.29) is 0 Å². The minimum absolute atomic E-state index is 0.488. The Kier molecular flexibility index (Phi) is 7.75. The lowest BCUT2D eigenvalue weighted by molar-refractivity contribution is 0.866. The Bertz CT molecular complexity index is 1410. The average Bonchev–Trinajstić information content (AvgIpc) is 3.27. The molecule has 0 N–H and O–H groups in total. The first-order chi connectivity index (χ1) is 17.4. The van der Waals surface area contributed by atoms with Crippen molar-refractivity contribution in [3.8, 4) is 11.1 Å². The van der Waals surface area contributed by atoms with Crippen LogP contribution in [0.5, 0.6) is 0 Å². The third kappa shape index (κ3) is 5.28. The summed E-state index contributed by atoms with van der Waals surface area (Å²) in [7, 11) is 0. The van der Waals surface area contributed by atoms with Gasteiger partial charge in [-0.15, -0.1) is 0 Å². The van der Waals surface area contributed by atoms with Gasteiger partial charge in [0.15, 0.2) is 5.84 Å². The maximum Gasteiger partial charge on any atom is 0.160 e. The van der Waals surface area contributed by atoms with Crippen LogP contribution in [-0.4, -0.2) is 11.5 Å². The highest BCUT2D eigenvalue weighted by atomic mass is 14.9. The van der Waals surface area contributed by atoms with E-state index in [1.807, 2.05) is 50.3 Å². The van der Waals surface area contributed by atoms with E-state index in [0.29, 0.717) is 17.5 Å². The lowest BCUT2D eigenvalue weighted by Gasteiger charge is -2.12. The van der Waals surface area contributed by atoms with Gasteiger partial charge in [0.25, 0.3) is 0 Å². The zero-order valence-corrected chi connectivity index (χ0v) is 21.8. The summed E-state index contributed by atoms with van der Waals surface area (Å²) in [4.78, 5) is 10.1. The lowest BCUT2D eigenvalue weighted by atomic mass is 9.96. The van der Waals surface area contributed by atoms with Crippen molar-refractivity contribution in [3.05, 3.63) is 143 Å². The normalized spacial score (nSPS) is 13.8.